The fourth-order valence-corrected chi connectivity index (χ4v) is 2.28. The average molecular weight is 192 g/mol. The second-order valence-electron chi connectivity index (χ2n) is 2.92. The maximum atomic E-state index is 3.97. The summed E-state index contributed by atoms with van der Waals surface area (Å²) < 4.78 is 0. The molecule has 1 aromatic heterocycles. The fraction of sp³-hybridized carbons (Fsp3) is 0.300. The van der Waals surface area contributed by atoms with E-state index >= 15 is 0 Å². The fourth-order valence-electron chi connectivity index (χ4n) is 1.29. The minimum atomic E-state index is 0.322. The molecule has 0 aromatic carbocycles. The van der Waals surface area contributed by atoms with Gasteiger partial charge in [-0.15, -0.1) is 11.3 Å². The van der Waals surface area contributed by atoms with Crippen molar-refractivity contribution in [2.24, 2.45) is 4.99 Å². The Hall–Kier alpha value is -1.09. The van der Waals surface area contributed by atoms with Gasteiger partial charge in [0.2, 0.25) is 0 Å². The second-order valence-corrected chi connectivity index (χ2v) is 4.12. The molecule has 0 radical (unpaired) electrons. The van der Waals surface area contributed by atoms with Crippen molar-refractivity contribution in [3.63, 3.8) is 0 Å². The minimum Gasteiger partial charge on any atom is -0.365 e. The summed E-state index contributed by atoms with van der Waals surface area (Å²) >= 11 is 1.86. The van der Waals surface area contributed by atoms with Crippen LogP contribution in [-0.4, -0.2) is 6.34 Å². The summed E-state index contributed by atoms with van der Waals surface area (Å²) in [6.45, 7) is 2.18. The Morgan fingerprint density at radius 2 is 2.46 bits per heavy atom. The van der Waals surface area contributed by atoms with Gasteiger partial charge in [0.1, 0.15) is 0 Å². The summed E-state index contributed by atoms with van der Waals surface area (Å²) in [4.78, 5) is 6.77. The summed E-state index contributed by atoms with van der Waals surface area (Å²) in [7, 11) is 0. The van der Waals surface area contributed by atoms with Crippen molar-refractivity contribution in [1.29, 1.82) is 0 Å². The highest BCUT2D eigenvalue weighted by molar-refractivity contribution is 7.12. The van der Waals surface area contributed by atoms with E-state index in [2.05, 4.69) is 35.4 Å². The standard InChI is InChI=1S/C10H12N2S/c1-2-8-3-4-10(13-8)9-5-6-11-7-12-9/h3-7,9H,2H2,1H3,(H,11,12). The zero-order chi connectivity index (χ0) is 9.10. The molecule has 0 saturated heterocycles. The maximum Gasteiger partial charge on any atom is 0.0886 e. The Labute approximate surface area is 82.0 Å². The first-order valence-corrected chi connectivity index (χ1v) is 5.25. The number of thiophene rings is 1. The molecule has 2 nitrogen and oxygen atoms in total. The second kappa shape index (κ2) is 3.75. The molecule has 2 heterocycles. The van der Waals surface area contributed by atoms with E-state index in [0.29, 0.717) is 6.04 Å². The van der Waals surface area contributed by atoms with Gasteiger partial charge in [-0.1, -0.05) is 6.92 Å². The molecule has 0 fully saturated rings. The van der Waals surface area contributed by atoms with E-state index < -0.39 is 0 Å². The molecule has 1 aliphatic rings. The van der Waals surface area contributed by atoms with E-state index in [9.17, 15) is 0 Å². The summed E-state index contributed by atoms with van der Waals surface area (Å²) in [6.07, 6.45) is 6.78. The predicted octanol–water partition coefficient (Wildman–Crippen LogP) is 2.50. The van der Waals surface area contributed by atoms with Crippen LogP contribution >= 0.6 is 11.3 Å². The summed E-state index contributed by atoms with van der Waals surface area (Å²) in [5.41, 5.74) is 0. The molecule has 1 aromatic rings. The lowest BCUT2D eigenvalue weighted by Crippen LogP contribution is -2.18. The Morgan fingerprint density at radius 1 is 1.54 bits per heavy atom. The largest absolute Gasteiger partial charge is 0.365 e. The minimum absolute atomic E-state index is 0.322. The molecule has 1 atom stereocenters. The van der Waals surface area contributed by atoms with Gasteiger partial charge in [0.15, 0.2) is 0 Å². The van der Waals surface area contributed by atoms with Crippen LogP contribution in [0.2, 0.25) is 0 Å². The van der Waals surface area contributed by atoms with Crippen molar-refractivity contribution in [3.05, 3.63) is 34.2 Å². The van der Waals surface area contributed by atoms with Gasteiger partial charge in [-0.05, 0) is 24.6 Å². The maximum absolute atomic E-state index is 3.97. The molecule has 0 amide bonds. The molecule has 3 heteroatoms. The van der Waals surface area contributed by atoms with Gasteiger partial charge in [0.25, 0.3) is 0 Å². The van der Waals surface area contributed by atoms with Gasteiger partial charge in [0.05, 0.1) is 12.4 Å². The van der Waals surface area contributed by atoms with Gasteiger partial charge >= 0.3 is 0 Å². The van der Waals surface area contributed by atoms with Crippen molar-refractivity contribution in [3.8, 4) is 0 Å². The number of rotatable bonds is 2. The first-order valence-electron chi connectivity index (χ1n) is 4.43. The highest BCUT2D eigenvalue weighted by Gasteiger charge is 2.09. The first kappa shape index (κ1) is 8.51. The Balaban J connectivity index is 2.16. The van der Waals surface area contributed by atoms with Crippen molar-refractivity contribution < 1.29 is 0 Å². The topological polar surface area (TPSA) is 24.4 Å². The summed E-state index contributed by atoms with van der Waals surface area (Å²) in [6, 6.07) is 4.70. The van der Waals surface area contributed by atoms with Crippen LogP contribution in [0.5, 0.6) is 0 Å². The van der Waals surface area contributed by atoms with Crippen LogP contribution in [-0.2, 0) is 6.42 Å². The van der Waals surface area contributed by atoms with Gasteiger partial charge in [-0.2, -0.15) is 0 Å². The van der Waals surface area contributed by atoms with Crippen LogP contribution in [0, 0.1) is 0 Å². The molecule has 1 N–H and O–H groups in total. The first-order chi connectivity index (χ1) is 6.40. The smallest absolute Gasteiger partial charge is 0.0886 e. The van der Waals surface area contributed by atoms with Gasteiger partial charge in [-0.25, -0.2) is 4.99 Å². The number of nitrogens with zero attached hydrogens (tertiary/aromatic N) is 1. The van der Waals surface area contributed by atoms with E-state index in [4.69, 9.17) is 0 Å². The highest BCUT2D eigenvalue weighted by Crippen LogP contribution is 2.25. The van der Waals surface area contributed by atoms with Crippen LogP contribution in [0.4, 0.5) is 0 Å². The highest BCUT2D eigenvalue weighted by atomic mass is 32.1. The SMILES string of the molecule is CCc1ccc(C2C=CN=CN2)s1. The molecular formula is C10H12N2S. The molecule has 13 heavy (non-hydrogen) atoms. The molecule has 1 aliphatic heterocycles. The number of hydrogen-bond donors (Lipinski definition) is 1. The van der Waals surface area contributed by atoms with Crippen LogP contribution < -0.4 is 5.32 Å². The predicted molar refractivity (Wildman–Crippen MR) is 57.2 cm³/mol. The zero-order valence-corrected chi connectivity index (χ0v) is 8.34. The number of aliphatic imine (C=N–C) groups is 1. The van der Waals surface area contributed by atoms with E-state index in [1.807, 2.05) is 17.5 Å². The molecule has 1 unspecified atom stereocenters. The molecule has 0 saturated carbocycles. The third kappa shape index (κ3) is 1.80. The van der Waals surface area contributed by atoms with Crippen molar-refractivity contribution >= 4 is 17.7 Å². The molecule has 2 rings (SSSR count). The van der Waals surface area contributed by atoms with Crippen molar-refractivity contribution in [1.82, 2.24) is 5.32 Å². The number of nitrogens with one attached hydrogen (secondary N) is 1. The van der Waals surface area contributed by atoms with Crippen LogP contribution in [0.3, 0.4) is 0 Å². The van der Waals surface area contributed by atoms with E-state index in [-0.39, 0.29) is 0 Å². The number of hydrogen-bond acceptors (Lipinski definition) is 3. The molecular weight excluding hydrogens is 180 g/mol. The molecule has 0 bridgehead atoms. The van der Waals surface area contributed by atoms with Crippen LogP contribution in [0.1, 0.15) is 22.7 Å². The lowest BCUT2D eigenvalue weighted by molar-refractivity contribution is 0.807. The van der Waals surface area contributed by atoms with Gasteiger partial charge < -0.3 is 5.32 Å². The lowest BCUT2D eigenvalue weighted by Gasteiger charge is -2.12. The Morgan fingerprint density at radius 3 is 3.08 bits per heavy atom. The third-order valence-electron chi connectivity index (χ3n) is 2.03. The van der Waals surface area contributed by atoms with E-state index in [1.165, 1.54) is 9.75 Å². The summed E-state index contributed by atoms with van der Waals surface area (Å²) in [5, 5.41) is 3.20. The molecule has 0 spiro atoms. The quantitative estimate of drug-likeness (QED) is 0.765. The van der Waals surface area contributed by atoms with Crippen molar-refractivity contribution in [2.45, 2.75) is 19.4 Å². The number of aryl methyl sites for hydroxylation is 1. The third-order valence-corrected chi connectivity index (χ3v) is 3.34. The van der Waals surface area contributed by atoms with Crippen LogP contribution in [0.25, 0.3) is 0 Å². The molecule has 68 valence electrons. The Kier molecular flexibility index (Phi) is 2.45. The normalized spacial score (nSPS) is 20.2. The average Bonchev–Trinajstić information content (AvgIpc) is 2.67. The van der Waals surface area contributed by atoms with Crippen LogP contribution in [0.15, 0.2) is 29.4 Å². The van der Waals surface area contributed by atoms with E-state index in [0.717, 1.165) is 6.42 Å². The van der Waals surface area contributed by atoms with Gasteiger partial charge in [0, 0.05) is 16.0 Å². The Bertz CT molecular complexity index is 338. The molecule has 0 aliphatic carbocycles. The summed E-state index contributed by atoms with van der Waals surface area (Å²) in [5.74, 6) is 0. The zero-order valence-electron chi connectivity index (χ0n) is 7.53. The lowest BCUT2D eigenvalue weighted by atomic mass is 10.2. The van der Waals surface area contributed by atoms with E-state index in [1.54, 1.807) is 6.34 Å². The van der Waals surface area contributed by atoms with Gasteiger partial charge in [-0.3, -0.25) is 0 Å². The monoisotopic (exact) mass is 192 g/mol. The van der Waals surface area contributed by atoms with Crippen molar-refractivity contribution in [2.75, 3.05) is 0 Å².